The first-order valence-corrected chi connectivity index (χ1v) is 8.36. The molecular weight excluding hydrogens is 336 g/mol. The van der Waals surface area contributed by atoms with E-state index in [-0.39, 0.29) is 17.6 Å². The number of benzene rings is 1. The van der Waals surface area contributed by atoms with Gasteiger partial charge in [0.15, 0.2) is 0 Å². The number of non-ortho nitro benzene ring substituents is 1. The van der Waals surface area contributed by atoms with Crippen LogP contribution in [0.1, 0.15) is 6.92 Å². The molecule has 1 aliphatic heterocycles. The number of aromatic nitrogens is 2. The number of piperazine rings is 1. The van der Waals surface area contributed by atoms with Crippen LogP contribution >= 0.6 is 0 Å². The van der Waals surface area contributed by atoms with Crippen molar-refractivity contribution >= 4 is 23.2 Å². The summed E-state index contributed by atoms with van der Waals surface area (Å²) in [6.07, 6.45) is 3.15. The molecule has 1 aromatic heterocycles. The summed E-state index contributed by atoms with van der Waals surface area (Å²) in [6.45, 7) is 4.61. The molecule has 9 heteroatoms. The maximum atomic E-state index is 12.4. The lowest BCUT2D eigenvalue weighted by Gasteiger charge is -2.38. The van der Waals surface area contributed by atoms with Gasteiger partial charge in [-0.05, 0) is 19.1 Å². The molecule has 0 aliphatic carbocycles. The van der Waals surface area contributed by atoms with E-state index in [9.17, 15) is 14.9 Å². The van der Waals surface area contributed by atoms with Crippen molar-refractivity contribution in [2.75, 3.05) is 36.4 Å². The first kappa shape index (κ1) is 17.7. The zero-order valence-electron chi connectivity index (χ0n) is 14.4. The highest BCUT2D eigenvalue weighted by Crippen LogP contribution is 2.22. The Balaban J connectivity index is 1.57. The molecule has 1 atom stereocenters. The summed E-state index contributed by atoms with van der Waals surface area (Å²) in [6, 6.07) is 8.00. The minimum Gasteiger partial charge on any atom is -0.369 e. The monoisotopic (exact) mass is 356 g/mol. The number of nitrogens with zero attached hydrogens (tertiary/aromatic N) is 5. The van der Waals surface area contributed by atoms with E-state index < -0.39 is 4.92 Å². The molecule has 0 radical (unpaired) electrons. The Hall–Kier alpha value is -3.07. The zero-order chi connectivity index (χ0) is 18.5. The quantitative estimate of drug-likeness (QED) is 0.640. The number of nitro groups is 1. The van der Waals surface area contributed by atoms with Crippen LogP contribution in [-0.2, 0) is 4.79 Å². The number of amides is 1. The van der Waals surface area contributed by atoms with Crippen molar-refractivity contribution in [1.29, 1.82) is 0 Å². The summed E-state index contributed by atoms with van der Waals surface area (Å²) in [5, 5.41) is 13.6. The maximum Gasteiger partial charge on any atom is 0.271 e. The van der Waals surface area contributed by atoms with E-state index in [4.69, 9.17) is 0 Å². The lowest BCUT2D eigenvalue weighted by molar-refractivity contribution is -0.384. The summed E-state index contributed by atoms with van der Waals surface area (Å²) >= 11 is 0. The van der Waals surface area contributed by atoms with Gasteiger partial charge in [-0.2, -0.15) is 0 Å². The second kappa shape index (κ2) is 7.87. The molecule has 2 heterocycles. The molecule has 1 amide bonds. The topological polar surface area (TPSA) is 104 Å². The number of hydrogen-bond acceptors (Lipinski definition) is 7. The second-order valence-corrected chi connectivity index (χ2v) is 6.04. The molecular formula is C17H20N6O3. The van der Waals surface area contributed by atoms with E-state index in [1.807, 2.05) is 13.0 Å². The number of nitrogens with one attached hydrogen (secondary N) is 1. The van der Waals surface area contributed by atoms with Crippen LogP contribution in [0, 0.1) is 10.1 Å². The number of hydrogen-bond donors (Lipinski definition) is 1. The SMILES string of the molecule is C[C@@H](C(=O)Nc1ncccn1)N1CCN(c2cccc([N+](=O)[O-])c2)CC1. The van der Waals surface area contributed by atoms with Gasteiger partial charge in [-0.1, -0.05) is 6.07 Å². The summed E-state index contributed by atoms with van der Waals surface area (Å²) < 4.78 is 0. The molecule has 0 saturated carbocycles. The molecule has 0 spiro atoms. The first-order valence-electron chi connectivity index (χ1n) is 8.36. The van der Waals surface area contributed by atoms with Crippen LogP contribution in [0.25, 0.3) is 0 Å². The summed E-state index contributed by atoms with van der Waals surface area (Å²) in [4.78, 5) is 35.1. The lowest BCUT2D eigenvalue weighted by atomic mass is 10.2. The summed E-state index contributed by atoms with van der Waals surface area (Å²) in [7, 11) is 0. The van der Waals surface area contributed by atoms with Gasteiger partial charge in [0, 0.05) is 56.4 Å². The molecule has 1 aromatic carbocycles. The Morgan fingerprint density at radius 3 is 2.54 bits per heavy atom. The highest BCUT2D eigenvalue weighted by Gasteiger charge is 2.26. The third-order valence-corrected chi connectivity index (χ3v) is 4.45. The zero-order valence-corrected chi connectivity index (χ0v) is 14.4. The molecule has 26 heavy (non-hydrogen) atoms. The van der Waals surface area contributed by atoms with Gasteiger partial charge in [0.05, 0.1) is 11.0 Å². The van der Waals surface area contributed by atoms with Gasteiger partial charge in [-0.15, -0.1) is 0 Å². The fourth-order valence-electron chi connectivity index (χ4n) is 2.91. The molecule has 2 aromatic rings. The van der Waals surface area contributed by atoms with E-state index in [1.54, 1.807) is 30.6 Å². The van der Waals surface area contributed by atoms with Crippen LogP contribution in [0.15, 0.2) is 42.7 Å². The van der Waals surface area contributed by atoms with Crippen molar-refractivity contribution in [1.82, 2.24) is 14.9 Å². The van der Waals surface area contributed by atoms with E-state index in [0.717, 1.165) is 5.69 Å². The van der Waals surface area contributed by atoms with Crippen LogP contribution < -0.4 is 10.2 Å². The largest absolute Gasteiger partial charge is 0.369 e. The number of nitro benzene ring substituents is 1. The van der Waals surface area contributed by atoms with Crippen LogP contribution in [0.4, 0.5) is 17.3 Å². The normalized spacial score (nSPS) is 16.1. The van der Waals surface area contributed by atoms with Gasteiger partial charge >= 0.3 is 0 Å². The van der Waals surface area contributed by atoms with Crippen LogP contribution in [0.3, 0.4) is 0 Å². The van der Waals surface area contributed by atoms with Crippen molar-refractivity contribution in [2.45, 2.75) is 13.0 Å². The minimum absolute atomic E-state index is 0.0838. The van der Waals surface area contributed by atoms with Gasteiger partial charge in [-0.3, -0.25) is 25.1 Å². The van der Waals surface area contributed by atoms with Crippen molar-refractivity contribution in [3.63, 3.8) is 0 Å². The molecule has 1 N–H and O–H groups in total. The maximum absolute atomic E-state index is 12.4. The van der Waals surface area contributed by atoms with Gasteiger partial charge in [-0.25, -0.2) is 9.97 Å². The summed E-state index contributed by atoms with van der Waals surface area (Å²) in [5.41, 5.74) is 0.911. The van der Waals surface area contributed by atoms with E-state index in [0.29, 0.717) is 32.1 Å². The first-order chi connectivity index (χ1) is 12.5. The fraction of sp³-hybridized carbons (Fsp3) is 0.353. The van der Waals surface area contributed by atoms with Gasteiger partial charge in [0.1, 0.15) is 0 Å². The lowest BCUT2D eigenvalue weighted by Crippen LogP contribution is -2.52. The molecule has 0 bridgehead atoms. The third kappa shape index (κ3) is 4.12. The predicted octanol–water partition coefficient (Wildman–Crippen LogP) is 1.53. The Morgan fingerprint density at radius 2 is 1.88 bits per heavy atom. The van der Waals surface area contributed by atoms with Crippen molar-refractivity contribution in [2.24, 2.45) is 0 Å². The standard InChI is InChI=1S/C17H20N6O3/c1-13(16(24)20-17-18-6-3-7-19-17)21-8-10-22(11-9-21)14-4-2-5-15(12-14)23(25)26/h2-7,12-13H,8-11H2,1H3,(H,18,19,20,24)/t13-/m0/s1. The Bertz CT molecular complexity index is 777. The van der Waals surface area contributed by atoms with Gasteiger partial charge in [0.25, 0.3) is 5.69 Å². The van der Waals surface area contributed by atoms with Gasteiger partial charge < -0.3 is 4.90 Å². The average Bonchev–Trinajstić information content (AvgIpc) is 2.68. The molecule has 1 fully saturated rings. The highest BCUT2D eigenvalue weighted by atomic mass is 16.6. The van der Waals surface area contributed by atoms with E-state index in [2.05, 4.69) is 25.1 Å². The Labute approximate surface area is 150 Å². The Morgan fingerprint density at radius 1 is 1.19 bits per heavy atom. The smallest absolute Gasteiger partial charge is 0.271 e. The van der Waals surface area contributed by atoms with Crippen molar-refractivity contribution in [3.05, 3.63) is 52.8 Å². The van der Waals surface area contributed by atoms with E-state index >= 15 is 0 Å². The van der Waals surface area contributed by atoms with Gasteiger partial charge in [0.2, 0.25) is 11.9 Å². The average molecular weight is 356 g/mol. The molecule has 3 rings (SSSR count). The molecule has 9 nitrogen and oxygen atoms in total. The van der Waals surface area contributed by atoms with Crippen LogP contribution in [0.5, 0.6) is 0 Å². The minimum atomic E-state index is -0.391. The molecule has 1 saturated heterocycles. The fourth-order valence-corrected chi connectivity index (χ4v) is 2.91. The number of anilines is 2. The van der Waals surface area contributed by atoms with Crippen molar-refractivity contribution < 1.29 is 9.72 Å². The Kier molecular flexibility index (Phi) is 5.37. The third-order valence-electron chi connectivity index (χ3n) is 4.45. The number of carbonyl (C=O) groups is 1. The predicted molar refractivity (Wildman–Crippen MR) is 97.0 cm³/mol. The van der Waals surface area contributed by atoms with Crippen molar-refractivity contribution in [3.8, 4) is 0 Å². The molecule has 0 unspecified atom stereocenters. The van der Waals surface area contributed by atoms with E-state index in [1.165, 1.54) is 6.07 Å². The second-order valence-electron chi connectivity index (χ2n) is 6.04. The van der Waals surface area contributed by atoms with Crippen LogP contribution in [-0.4, -0.2) is 57.9 Å². The van der Waals surface area contributed by atoms with Crippen LogP contribution in [0.2, 0.25) is 0 Å². The molecule has 136 valence electrons. The number of carbonyl (C=O) groups excluding carboxylic acids is 1. The number of rotatable bonds is 5. The highest BCUT2D eigenvalue weighted by molar-refractivity contribution is 5.93. The molecule has 1 aliphatic rings. The summed E-state index contributed by atoms with van der Waals surface area (Å²) in [5.74, 6) is 0.138.